The first-order valence-electron chi connectivity index (χ1n) is 9.20. The molecule has 0 radical (unpaired) electrons. The van der Waals surface area contributed by atoms with Gasteiger partial charge in [-0.05, 0) is 80.2 Å². The summed E-state index contributed by atoms with van der Waals surface area (Å²) in [5.74, 6) is 1.47. The molecule has 3 nitrogen and oxygen atoms in total. The highest BCUT2D eigenvalue weighted by atomic mass is 19.4. The molecule has 3 rings (SSSR count). The van der Waals surface area contributed by atoms with Gasteiger partial charge in [-0.1, -0.05) is 12.1 Å². The number of alkyl halides is 3. The lowest BCUT2D eigenvalue weighted by Crippen LogP contribution is -2.37. The quantitative estimate of drug-likeness (QED) is 0.787. The maximum atomic E-state index is 12.6. The molecule has 1 heterocycles. The number of ether oxygens (including phenoxy) is 1. The van der Waals surface area contributed by atoms with E-state index in [1.807, 2.05) is 0 Å². The molecule has 1 aliphatic rings. The van der Waals surface area contributed by atoms with Crippen LogP contribution in [0.25, 0.3) is 0 Å². The van der Waals surface area contributed by atoms with Gasteiger partial charge in [0.15, 0.2) is 0 Å². The van der Waals surface area contributed by atoms with Crippen LogP contribution in [0.4, 0.5) is 13.2 Å². The van der Waals surface area contributed by atoms with Gasteiger partial charge in [-0.25, -0.2) is 0 Å². The number of phenolic OH excluding ortho intramolecular Hbond substituents is 1. The number of hydrogen-bond acceptors (Lipinski definition) is 3. The molecule has 2 aromatic rings. The molecule has 0 aliphatic carbocycles. The van der Waals surface area contributed by atoms with Crippen LogP contribution in [0.3, 0.4) is 0 Å². The Morgan fingerprint density at radius 3 is 2.19 bits per heavy atom. The minimum atomic E-state index is -4.27. The van der Waals surface area contributed by atoms with Crippen molar-refractivity contribution in [1.82, 2.24) is 4.90 Å². The Hall–Kier alpha value is -2.21. The molecule has 0 bridgehead atoms. The summed E-state index contributed by atoms with van der Waals surface area (Å²) in [6.07, 6.45) is -1.36. The first kappa shape index (κ1) is 19.5. The van der Waals surface area contributed by atoms with Crippen LogP contribution < -0.4 is 4.74 Å². The SMILES string of the molecule is Oc1ccc(OCCN2CCC(Cc3ccc(C(F)(F)F)cc3)CC2)cc1. The highest BCUT2D eigenvalue weighted by Gasteiger charge is 2.30. The number of hydrogen-bond donors (Lipinski definition) is 1. The van der Waals surface area contributed by atoms with Crippen molar-refractivity contribution in [3.8, 4) is 11.5 Å². The molecule has 2 aromatic carbocycles. The van der Waals surface area contributed by atoms with Gasteiger partial charge in [0.2, 0.25) is 0 Å². The third-order valence-electron chi connectivity index (χ3n) is 5.03. The normalized spacial score (nSPS) is 16.4. The summed E-state index contributed by atoms with van der Waals surface area (Å²) in [7, 11) is 0. The van der Waals surface area contributed by atoms with Crippen molar-refractivity contribution >= 4 is 0 Å². The Bertz CT molecular complexity index is 706. The molecule has 0 aromatic heterocycles. The molecule has 6 heteroatoms. The van der Waals surface area contributed by atoms with Gasteiger partial charge in [0.25, 0.3) is 0 Å². The number of rotatable bonds is 6. The fourth-order valence-electron chi connectivity index (χ4n) is 3.41. The molecule has 1 fully saturated rings. The molecular formula is C21H24F3NO2. The van der Waals surface area contributed by atoms with Crippen LogP contribution in [-0.2, 0) is 12.6 Å². The van der Waals surface area contributed by atoms with Crippen LogP contribution in [0.15, 0.2) is 48.5 Å². The molecule has 146 valence electrons. The second-order valence-corrected chi connectivity index (χ2v) is 7.03. The lowest BCUT2D eigenvalue weighted by molar-refractivity contribution is -0.137. The highest BCUT2D eigenvalue weighted by Crippen LogP contribution is 2.30. The molecule has 0 amide bonds. The van der Waals surface area contributed by atoms with Gasteiger partial charge in [-0.15, -0.1) is 0 Å². The van der Waals surface area contributed by atoms with Gasteiger partial charge in [0.1, 0.15) is 18.1 Å². The zero-order valence-corrected chi connectivity index (χ0v) is 15.1. The Morgan fingerprint density at radius 2 is 1.59 bits per heavy atom. The number of benzene rings is 2. The zero-order chi connectivity index (χ0) is 19.3. The van der Waals surface area contributed by atoms with Crippen LogP contribution in [0, 0.1) is 5.92 Å². The van der Waals surface area contributed by atoms with Gasteiger partial charge in [-0.2, -0.15) is 13.2 Å². The van der Waals surface area contributed by atoms with Gasteiger partial charge in [0, 0.05) is 6.54 Å². The predicted octanol–water partition coefficient (Wildman–Crippen LogP) is 4.74. The molecule has 0 atom stereocenters. The average molecular weight is 379 g/mol. The molecule has 1 saturated heterocycles. The largest absolute Gasteiger partial charge is 0.508 e. The predicted molar refractivity (Wildman–Crippen MR) is 97.9 cm³/mol. The van der Waals surface area contributed by atoms with Crippen molar-refractivity contribution in [2.75, 3.05) is 26.2 Å². The number of halogens is 3. The fraction of sp³-hybridized carbons (Fsp3) is 0.429. The molecule has 0 unspecified atom stereocenters. The van der Waals surface area contributed by atoms with E-state index in [0.29, 0.717) is 12.5 Å². The van der Waals surface area contributed by atoms with Crippen LogP contribution in [0.2, 0.25) is 0 Å². The van der Waals surface area contributed by atoms with E-state index < -0.39 is 11.7 Å². The van der Waals surface area contributed by atoms with E-state index in [9.17, 15) is 18.3 Å². The summed E-state index contributed by atoms with van der Waals surface area (Å²) in [5.41, 5.74) is 0.381. The van der Waals surface area contributed by atoms with Gasteiger partial charge in [0.05, 0.1) is 5.56 Å². The third kappa shape index (κ3) is 5.89. The number of aromatic hydroxyl groups is 1. The Labute approximate surface area is 157 Å². The van der Waals surface area contributed by atoms with E-state index in [0.717, 1.165) is 50.2 Å². The van der Waals surface area contributed by atoms with Gasteiger partial charge >= 0.3 is 6.18 Å². The third-order valence-corrected chi connectivity index (χ3v) is 5.03. The maximum absolute atomic E-state index is 12.6. The first-order chi connectivity index (χ1) is 12.9. The zero-order valence-electron chi connectivity index (χ0n) is 15.1. The summed E-state index contributed by atoms with van der Waals surface area (Å²) in [5, 5.41) is 9.25. The molecule has 27 heavy (non-hydrogen) atoms. The standard InChI is InChI=1S/C21H24F3NO2/c22-21(23,24)18-3-1-16(2-4-18)15-17-9-11-25(12-10-17)13-14-27-20-7-5-19(26)6-8-20/h1-8,17,26H,9-15H2. The molecule has 1 aliphatic heterocycles. The van der Waals surface area contributed by atoms with Gasteiger partial charge < -0.3 is 9.84 Å². The van der Waals surface area contributed by atoms with E-state index in [2.05, 4.69) is 4.90 Å². The van der Waals surface area contributed by atoms with E-state index in [-0.39, 0.29) is 5.75 Å². The second-order valence-electron chi connectivity index (χ2n) is 7.03. The topological polar surface area (TPSA) is 32.7 Å². The molecule has 0 saturated carbocycles. The summed E-state index contributed by atoms with van der Waals surface area (Å²) < 4.78 is 43.5. The average Bonchev–Trinajstić information content (AvgIpc) is 2.64. The minimum absolute atomic E-state index is 0.220. The maximum Gasteiger partial charge on any atom is 0.416 e. The first-order valence-corrected chi connectivity index (χ1v) is 9.20. The van der Waals surface area contributed by atoms with Crippen molar-refractivity contribution < 1.29 is 23.0 Å². The summed E-state index contributed by atoms with van der Waals surface area (Å²) in [6, 6.07) is 12.2. The van der Waals surface area contributed by atoms with Crippen molar-refractivity contribution in [1.29, 1.82) is 0 Å². The van der Waals surface area contributed by atoms with E-state index in [4.69, 9.17) is 4.74 Å². The minimum Gasteiger partial charge on any atom is -0.508 e. The highest BCUT2D eigenvalue weighted by molar-refractivity contribution is 5.30. The number of nitrogens with zero attached hydrogens (tertiary/aromatic N) is 1. The van der Waals surface area contributed by atoms with Crippen molar-refractivity contribution in [3.63, 3.8) is 0 Å². The molecular weight excluding hydrogens is 355 g/mol. The van der Waals surface area contributed by atoms with E-state index in [1.165, 1.54) is 12.1 Å². The van der Waals surface area contributed by atoms with Crippen LogP contribution in [-0.4, -0.2) is 36.2 Å². The molecule has 0 spiro atoms. The van der Waals surface area contributed by atoms with Crippen LogP contribution in [0.5, 0.6) is 11.5 Å². The second kappa shape index (κ2) is 8.65. The summed E-state index contributed by atoms with van der Waals surface area (Å²) in [4.78, 5) is 2.35. The smallest absolute Gasteiger partial charge is 0.416 e. The Balaban J connectivity index is 1.38. The summed E-state index contributed by atoms with van der Waals surface area (Å²) >= 11 is 0. The Morgan fingerprint density at radius 1 is 0.963 bits per heavy atom. The number of phenols is 1. The lowest BCUT2D eigenvalue weighted by Gasteiger charge is -2.32. The van der Waals surface area contributed by atoms with Crippen molar-refractivity contribution in [2.45, 2.75) is 25.4 Å². The monoisotopic (exact) mass is 379 g/mol. The Kier molecular flexibility index (Phi) is 6.26. The van der Waals surface area contributed by atoms with Crippen molar-refractivity contribution in [2.24, 2.45) is 5.92 Å². The van der Waals surface area contributed by atoms with Crippen molar-refractivity contribution in [3.05, 3.63) is 59.7 Å². The lowest BCUT2D eigenvalue weighted by atomic mass is 9.90. The summed E-state index contributed by atoms with van der Waals surface area (Å²) in [6.45, 7) is 3.39. The van der Waals surface area contributed by atoms with E-state index in [1.54, 1.807) is 36.4 Å². The van der Waals surface area contributed by atoms with Crippen LogP contribution >= 0.6 is 0 Å². The number of likely N-dealkylation sites (tertiary alicyclic amines) is 1. The molecule has 1 N–H and O–H groups in total. The van der Waals surface area contributed by atoms with Crippen LogP contribution in [0.1, 0.15) is 24.0 Å². The van der Waals surface area contributed by atoms with E-state index >= 15 is 0 Å². The fourth-order valence-corrected chi connectivity index (χ4v) is 3.41. The number of piperidine rings is 1. The van der Waals surface area contributed by atoms with Gasteiger partial charge in [-0.3, -0.25) is 4.90 Å².